The van der Waals surface area contributed by atoms with Crippen molar-refractivity contribution in [3.8, 4) is 5.75 Å². The van der Waals surface area contributed by atoms with Crippen LogP contribution in [0.1, 0.15) is 37.0 Å². The van der Waals surface area contributed by atoms with Crippen LogP contribution < -0.4 is 10.5 Å². The first-order valence-corrected chi connectivity index (χ1v) is 7.23. The van der Waals surface area contributed by atoms with Crippen molar-refractivity contribution in [2.45, 2.75) is 38.8 Å². The summed E-state index contributed by atoms with van der Waals surface area (Å²) in [5.74, 6) is 1.33. The van der Waals surface area contributed by atoms with E-state index in [-0.39, 0.29) is 12.0 Å². The summed E-state index contributed by atoms with van der Waals surface area (Å²) in [5, 5.41) is 0. The van der Waals surface area contributed by atoms with Crippen LogP contribution in [0.4, 0.5) is 0 Å². The Morgan fingerprint density at radius 1 is 1.45 bits per heavy atom. The van der Waals surface area contributed by atoms with E-state index >= 15 is 0 Å². The number of carbonyl (C=O) groups excluding carboxylic acids is 1. The van der Waals surface area contributed by atoms with E-state index < -0.39 is 0 Å². The van der Waals surface area contributed by atoms with Gasteiger partial charge in [-0.3, -0.25) is 4.79 Å². The fourth-order valence-electron chi connectivity index (χ4n) is 2.60. The minimum Gasteiger partial charge on any atom is -0.491 e. The normalized spacial score (nSPS) is 21.4. The number of benzene rings is 1. The molecule has 1 aromatic carbocycles. The zero-order valence-electron chi connectivity index (χ0n) is 12.5. The lowest BCUT2D eigenvalue weighted by Crippen LogP contribution is -2.43. The van der Waals surface area contributed by atoms with Gasteiger partial charge in [-0.2, -0.15) is 0 Å². The van der Waals surface area contributed by atoms with E-state index in [1.54, 1.807) is 4.90 Å². The van der Waals surface area contributed by atoms with Gasteiger partial charge < -0.3 is 15.4 Å². The number of hydrogen-bond donors (Lipinski definition) is 1. The summed E-state index contributed by atoms with van der Waals surface area (Å²) < 4.78 is 5.62. The lowest BCUT2D eigenvalue weighted by molar-refractivity contribution is 0.0733. The van der Waals surface area contributed by atoms with Gasteiger partial charge in [0.2, 0.25) is 0 Å². The second-order valence-electron chi connectivity index (χ2n) is 5.98. The second kappa shape index (κ2) is 6.27. The molecule has 0 spiro atoms. The molecule has 4 nitrogen and oxygen atoms in total. The lowest BCUT2D eigenvalue weighted by Gasteiger charge is -2.35. The molecule has 2 rings (SSSR count). The van der Waals surface area contributed by atoms with Gasteiger partial charge in [0.05, 0.1) is 6.10 Å². The molecule has 0 aliphatic heterocycles. The molecule has 0 unspecified atom stereocenters. The van der Waals surface area contributed by atoms with E-state index in [0.29, 0.717) is 17.5 Å². The summed E-state index contributed by atoms with van der Waals surface area (Å²) in [7, 11) is 1.85. The van der Waals surface area contributed by atoms with E-state index in [2.05, 4.69) is 0 Å². The Hall–Kier alpha value is -1.55. The van der Waals surface area contributed by atoms with Crippen LogP contribution in [-0.2, 0) is 0 Å². The Morgan fingerprint density at radius 2 is 2.15 bits per heavy atom. The predicted octanol–water partition coefficient (Wildman–Crippen LogP) is 2.28. The second-order valence-corrected chi connectivity index (χ2v) is 5.98. The number of nitrogens with zero attached hydrogens (tertiary/aromatic N) is 1. The van der Waals surface area contributed by atoms with Crippen LogP contribution in [-0.4, -0.2) is 36.5 Å². The third kappa shape index (κ3) is 3.73. The Balaban J connectivity index is 1.97. The van der Waals surface area contributed by atoms with Crippen molar-refractivity contribution in [2.24, 2.45) is 11.7 Å². The Bertz CT molecular complexity index is 467. The summed E-state index contributed by atoms with van der Waals surface area (Å²) >= 11 is 0. The van der Waals surface area contributed by atoms with Crippen LogP contribution in [0.25, 0.3) is 0 Å². The zero-order chi connectivity index (χ0) is 14.7. The average molecular weight is 276 g/mol. The van der Waals surface area contributed by atoms with Crippen molar-refractivity contribution in [1.82, 2.24) is 4.90 Å². The minimum atomic E-state index is 0.0414. The van der Waals surface area contributed by atoms with Gasteiger partial charge in [-0.15, -0.1) is 0 Å². The van der Waals surface area contributed by atoms with E-state index in [4.69, 9.17) is 10.5 Å². The molecule has 0 atom stereocenters. The van der Waals surface area contributed by atoms with E-state index in [0.717, 1.165) is 25.1 Å². The average Bonchev–Trinajstić information content (AvgIpc) is 2.35. The number of hydrogen-bond acceptors (Lipinski definition) is 3. The molecule has 0 saturated heterocycles. The van der Waals surface area contributed by atoms with E-state index in [9.17, 15) is 4.79 Å². The van der Waals surface area contributed by atoms with Crippen molar-refractivity contribution in [3.63, 3.8) is 0 Å². The van der Waals surface area contributed by atoms with Crippen LogP contribution in [0.2, 0.25) is 0 Å². The SMILES string of the molecule is CC(C)Oc1cccc(C(=O)N(C)CC2CC(N)C2)c1. The summed E-state index contributed by atoms with van der Waals surface area (Å²) in [6, 6.07) is 7.70. The number of ether oxygens (including phenoxy) is 1. The van der Waals surface area contributed by atoms with Gasteiger partial charge in [0.25, 0.3) is 5.91 Å². The third-order valence-corrected chi connectivity index (χ3v) is 3.60. The van der Waals surface area contributed by atoms with Gasteiger partial charge in [-0.25, -0.2) is 0 Å². The molecule has 20 heavy (non-hydrogen) atoms. The number of nitrogens with two attached hydrogens (primary N) is 1. The molecule has 1 aliphatic carbocycles. The Labute approximate surface area is 120 Å². The molecule has 1 amide bonds. The molecule has 0 bridgehead atoms. The highest BCUT2D eigenvalue weighted by molar-refractivity contribution is 5.94. The summed E-state index contributed by atoms with van der Waals surface area (Å²) in [6.45, 7) is 4.72. The highest BCUT2D eigenvalue weighted by Crippen LogP contribution is 2.26. The molecule has 0 radical (unpaired) electrons. The van der Waals surface area contributed by atoms with Gasteiger partial charge in [0, 0.05) is 25.2 Å². The van der Waals surface area contributed by atoms with E-state index in [1.807, 2.05) is 45.2 Å². The van der Waals surface area contributed by atoms with Crippen molar-refractivity contribution < 1.29 is 9.53 Å². The molecule has 2 N–H and O–H groups in total. The minimum absolute atomic E-state index is 0.0414. The Morgan fingerprint density at radius 3 is 2.75 bits per heavy atom. The maximum atomic E-state index is 12.4. The zero-order valence-corrected chi connectivity index (χ0v) is 12.5. The molecule has 0 aromatic heterocycles. The Kier molecular flexibility index (Phi) is 4.65. The van der Waals surface area contributed by atoms with Gasteiger partial charge in [0.1, 0.15) is 5.75 Å². The molecule has 4 heteroatoms. The topological polar surface area (TPSA) is 55.6 Å². The first-order valence-electron chi connectivity index (χ1n) is 7.23. The van der Waals surface area contributed by atoms with Crippen LogP contribution in [0, 0.1) is 5.92 Å². The van der Waals surface area contributed by atoms with Gasteiger partial charge >= 0.3 is 0 Å². The number of rotatable bonds is 5. The maximum Gasteiger partial charge on any atom is 0.253 e. The molecule has 1 aromatic rings. The largest absolute Gasteiger partial charge is 0.491 e. The van der Waals surface area contributed by atoms with Gasteiger partial charge in [-0.1, -0.05) is 6.07 Å². The highest BCUT2D eigenvalue weighted by atomic mass is 16.5. The first kappa shape index (κ1) is 14.9. The molecular weight excluding hydrogens is 252 g/mol. The monoisotopic (exact) mass is 276 g/mol. The number of carbonyl (C=O) groups is 1. The smallest absolute Gasteiger partial charge is 0.253 e. The molecule has 1 saturated carbocycles. The molecule has 110 valence electrons. The van der Waals surface area contributed by atoms with Gasteiger partial charge in [-0.05, 0) is 50.8 Å². The van der Waals surface area contributed by atoms with Crippen molar-refractivity contribution >= 4 is 5.91 Å². The molecule has 1 fully saturated rings. The summed E-state index contributed by atoms with van der Waals surface area (Å²) in [4.78, 5) is 14.2. The van der Waals surface area contributed by atoms with Gasteiger partial charge in [0.15, 0.2) is 0 Å². The number of amides is 1. The lowest BCUT2D eigenvalue weighted by atomic mass is 9.80. The van der Waals surface area contributed by atoms with Crippen molar-refractivity contribution in [1.29, 1.82) is 0 Å². The van der Waals surface area contributed by atoms with Crippen LogP contribution in [0.3, 0.4) is 0 Å². The van der Waals surface area contributed by atoms with Crippen LogP contribution in [0.15, 0.2) is 24.3 Å². The summed E-state index contributed by atoms with van der Waals surface area (Å²) in [5.41, 5.74) is 6.45. The summed E-state index contributed by atoms with van der Waals surface area (Å²) in [6.07, 6.45) is 2.15. The fourth-order valence-corrected chi connectivity index (χ4v) is 2.60. The van der Waals surface area contributed by atoms with E-state index in [1.165, 1.54) is 0 Å². The molecular formula is C16H24N2O2. The van der Waals surface area contributed by atoms with Crippen molar-refractivity contribution in [2.75, 3.05) is 13.6 Å². The predicted molar refractivity (Wildman–Crippen MR) is 79.9 cm³/mol. The molecule has 1 aliphatic rings. The quantitative estimate of drug-likeness (QED) is 0.897. The maximum absolute atomic E-state index is 12.4. The standard InChI is InChI=1S/C16H24N2O2/c1-11(2)20-15-6-4-5-13(9-15)16(19)18(3)10-12-7-14(17)8-12/h4-6,9,11-12,14H,7-8,10,17H2,1-3H3. The van der Waals surface area contributed by atoms with Crippen LogP contribution in [0.5, 0.6) is 5.75 Å². The fraction of sp³-hybridized carbons (Fsp3) is 0.562. The molecule has 0 heterocycles. The third-order valence-electron chi connectivity index (χ3n) is 3.60. The van der Waals surface area contributed by atoms with Crippen molar-refractivity contribution in [3.05, 3.63) is 29.8 Å². The first-order chi connectivity index (χ1) is 9.45. The highest BCUT2D eigenvalue weighted by Gasteiger charge is 2.28. The van der Waals surface area contributed by atoms with Crippen LogP contribution >= 0.6 is 0 Å².